The number of hydrogen-bond acceptors (Lipinski definition) is 3. The Morgan fingerprint density at radius 1 is 0.963 bits per heavy atom. The van der Waals surface area contributed by atoms with E-state index in [9.17, 15) is 14.0 Å². The Kier molecular flexibility index (Phi) is 6.03. The summed E-state index contributed by atoms with van der Waals surface area (Å²) < 4.78 is 12.9. The van der Waals surface area contributed by atoms with Crippen LogP contribution in [-0.2, 0) is 4.79 Å². The lowest BCUT2D eigenvalue weighted by atomic mass is 10.2. The maximum absolute atomic E-state index is 12.9. The lowest BCUT2D eigenvalue weighted by Gasteiger charge is -2.34. The molecule has 7 heteroatoms. The summed E-state index contributed by atoms with van der Waals surface area (Å²) >= 11 is 0. The van der Waals surface area contributed by atoms with Crippen molar-refractivity contribution in [3.05, 3.63) is 59.9 Å². The molecule has 1 aliphatic heterocycles. The maximum Gasteiger partial charge on any atom is 0.321 e. The van der Waals surface area contributed by atoms with E-state index in [4.69, 9.17) is 0 Å². The van der Waals surface area contributed by atoms with Crippen molar-refractivity contribution in [2.45, 2.75) is 6.92 Å². The standard InChI is InChI=1S/C20H23FN4O2/c1-15-3-2-4-18(13-15)23-20(27)25-11-9-24(10-12-25)14-19(26)22-17-7-5-16(21)6-8-17/h2-8,13H,9-12,14H2,1H3,(H,22,26)(H,23,27). The fourth-order valence-corrected chi connectivity index (χ4v) is 2.97. The van der Waals surface area contributed by atoms with E-state index in [0.29, 0.717) is 31.9 Å². The topological polar surface area (TPSA) is 64.7 Å². The summed E-state index contributed by atoms with van der Waals surface area (Å²) in [6.07, 6.45) is 0. The minimum atomic E-state index is -0.340. The first-order chi connectivity index (χ1) is 13.0. The van der Waals surface area contributed by atoms with E-state index in [0.717, 1.165) is 11.3 Å². The van der Waals surface area contributed by atoms with Gasteiger partial charge < -0.3 is 15.5 Å². The number of urea groups is 1. The zero-order valence-corrected chi connectivity index (χ0v) is 15.2. The Labute approximate surface area is 158 Å². The second-order valence-corrected chi connectivity index (χ2v) is 6.62. The largest absolute Gasteiger partial charge is 0.325 e. The third kappa shape index (κ3) is 5.52. The van der Waals surface area contributed by atoms with Gasteiger partial charge in [0.15, 0.2) is 0 Å². The van der Waals surface area contributed by atoms with Crippen molar-refractivity contribution in [1.29, 1.82) is 0 Å². The van der Waals surface area contributed by atoms with Gasteiger partial charge in [-0.1, -0.05) is 12.1 Å². The highest BCUT2D eigenvalue weighted by Gasteiger charge is 2.22. The van der Waals surface area contributed by atoms with E-state index in [-0.39, 0.29) is 24.3 Å². The number of halogens is 1. The number of carbonyl (C=O) groups excluding carboxylic acids is 2. The summed E-state index contributed by atoms with van der Waals surface area (Å²) in [5, 5.41) is 5.65. The number of carbonyl (C=O) groups is 2. The van der Waals surface area contributed by atoms with Crippen LogP contribution in [0.5, 0.6) is 0 Å². The highest BCUT2D eigenvalue weighted by atomic mass is 19.1. The van der Waals surface area contributed by atoms with Crippen molar-refractivity contribution in [3.63, 3.8) is 0 Å². The van der Waals surface area contributed by atoms with Crippen LogP contribution in [0.15, 0.2) is 48.5 Å². The number of nitrogens with one attached hydrogen (secondary N) is 2. The van der Waals surface area contributed by atoms with E-state index in [2.05, 4.69) is 10.6 Å². The lowest BCUT2D eigenvalue weighted by Crippen LogP contribution is -2.51. The number of hydrogen-bond donors (Lipinski definition) is 2. The van der Waals surface area contributed by atoms with E-state index in [1.54, 1.807) is 4.90 Å². The van der Waals surface area contributed by atoms with E-state index in [1.165, 1.54) is 24.3 Å². The first kappa shape index (κ1) is 18.8. The maximum atomic E-state index is 12.9. The van der Waals surface area contributed by atoms with Crippen molar-refractivity contribution < 1.29 is 14.0 Å². The molecule has 142 valence electrons. The molecule has 1 heterocycles. The van der Waals surface area contributed by atoms with Gasteiger partial charge >= 0.3 is 6.03 Å². The van der Waals surface area contributed by atoms with Gasteiger partial charge in [0.25, 0.3) is 0 Å². The average molecular weight is 370 g/mol. The van der Waals surface area contributed by atoms with E-state index < -0.39 is 0 Å². The van der Waals surface area contributed by atoms with Crippen LogP contribution in [0.2, 0.25) is 0 Å². The molecule has 1 fully saturated rings. The Balaban J connectivity index is 1.43. The molecule has 2 N–H and O–H groups in total. The molecular weight excluding hydrogens is 347 g/mol. The van der Waals surface area contributed by atoms with Gasteiger partial charge in [-0.15, -0.1) is 0 Å². The predicted octanol–water partition coefficient (Wildman–Crippen LogP) is 2.92. The van der Waals surface area contributed by atoms with Crippen LogP contribution in [0, 0.1) is 12.7 Å². The second kappa shape index (κ2) is 8.64. The molecule has 3 rings (SSSR count). The molecule has 3 amide bonds. The molecule has 0 aromatic heterocycles. The van der Waals surface area contributed by atoms with E-state index in [1.807, 2.05) is 36.1 Å². The molecule has 0 saturated carbocycles. The molecule has 1 saturated heterocycles. The number of anilines is 2. The summed E-state index contributed by atoms with van der Waals surface area (Å²) in [6, 6.07) is 13.2. The van der Waals surface area contributed by atoms with Crippen LogP contribution >= 0.6 is 0 Å². The smallest absolute Gasteiger partial charge is 0.321 e. The monoisotopic (exact) mass is 370 g/mol. The van der Waals surface area contributed by atoms with Gasteiger partial charge in [0.05, 0.1) is 6.54 Å². The number of amides is 3. The number of nitrogens with zero attached hydrogens (tertiary/aromatic N) is 2. The SMILES string of the molecule is Cc1cccc(NC(=O)N2CCN(CC(=O)Nc3ccc(F)cc3)CC2)c1. The normalized spacial score (nSPS) is 14.7. The Morgan fingerprint density at radius 3 is 2.33 bits per heavy atom. The van der Waals surface area contributed by atoms with Gasteiger partial charge in [-0.25, -0.2) is 9.18 Å². The molecule has 0 unspecified atom stereocenters. The third-order valence-corrected chi connectivity index (χ3v) is 4.42. The fourth-order valence-electron chi connectivity index (χ4n) is 2.97. The van der Waals surface area contributed by atoms with Crippen molar-refractivity contribution in [1.82, 2.24) is 9.80 Å². The summed E-state index contributed by atoms with van der Waals surface area (Å²) in [5.74, 6) is -0.493. The minimum absolute atomic E-state index is 0.129. The molecular formula is C20H23FN4O2. The Morgan fingerprint density at radius 2 is 1.67 bits per heavy atom. The lowest BCUT2D eigenvalue weighted by molar-refractivity contribution is -0.117. The van der Waals surface area contributed by atoms with Crippen LogP contribution < -0.4 is 10.6 Å². The molecule has 0 bridgehead atoms. The van der Waals surface area contributed by atoms with Gasteiger partial charge in [0, 0.05) is 37.6 Å². The molecule has 0 radical (unpaired) electrons. The van der Waals surface area contributed by atoms with Crippen molar-refractivity contribution in [2.75, 3.05) is 43.4 Å². The zero-order valence-electron chi connectivity index (χ0n) is 15.2. The molecule has 0 spiro atoms. The molecule has 0 atom stereocenters. The van der Waals surface area contributed by atoms with Gasteiger partial charge in [0.1, 0.15) is 5.82 Å². The molecule has 6 nitrogen and oxygen atoms in total. The summed E-state index contributed by atoms with van der Waals surface area (Å²) in [6.45, 7) is 4.58. The number of rotatable bonds is 4. The van der Waals surface area contributed by atoms with Crippen molar-refractivity contribution >= 4 is 23.3 Å². The minimum Gasteiger partial charge on any atom is -0.325 e. The van der Waals surface area contributed by atoms with Gasteiger partial charge in [-0.05, 0) is 48.9 Å². The van der Waals surface area contributed by atoms with Crippen LogP contribution in [0.3, 0.4) is 0 Å². The van der Waals surface area contributed by atoms with Crippen molar-refractivity contribution in [2.24, 2.45) is 0 Å². The number of aryl methyl sites for hydroxylation is 1. The van der Waals surface area contributed by atoms with Crippen LogP contribution in [0.1, 0.15) is 5.56 Å². The predicted molar refractivity (Wildman–Crippen MR) is 103 cm³/mol. The van der Waals surface area contributed by atoms with Gasteiger partial charge in [-0.2, -0.15) is 0 Å². The Hall–Kier alpha value is -2.93. The first-order valence-corrected chi connectivity index (χ1v) is 8.90. The number of benzene rings is 2. The molecule has 27 heavy (non-hydrogen) atoms. The first-order valence-electron chi connectivity index (χ1n) is 8.90. The molecule has 2 aromatic carbocycles. The summed E-state index contributed by atoms with van der Waals surface area (Å²) in [4.78, 5) is 28.2. The third-order valence-electron chi connectivity index (χ3n) is 4.42. The van der Waals surface area contributed by atoms with Crippen LogP contribution in [0.4, 0.5) is 20.6 Å². The van der Waals surface area contributed by atoms with Crippen LogP contribution in [0.25, 0.3) is 0 Å². The van der Waals surface area contributed by atoms with Gasteiger partial charge in [-0.3, -0.25) is 9.69 Å². The van der Waals surface area contributed by atoms with E-state index >= 15 is 0 Å². The Bertz CT molecular complexity index is 802. The number of piperazine rings is 1. The molecule has 0 aliphatic carbocycles. The van der Waals surface area contributed by atoms with Crippen LogP contribution in [-0.4, -0.2) is 54.5 Å². The second-order valence-electron chi connectivity index (χ2n) is 6.62. The highest BCUT2D eigenvalue weighted by Crippen LogP contribution is 2.12. The summed E-state index contributed by atoms with van der Waals surface area (Å²) in [7, 11) is 0. The molecule has 2 aromatic rings. The highest BCUT2D eigenvalue weighted by molar-refractivity contribution is 5.92. The fraction of sp³-hybridized carbons (Fsp3) is 0.300. The summed E-state index contributed by atoms with van der Waals surface area (Å²) in [5.41, 5.74) is 2.43. The van der Waals surface area contributed by atoms with Crippen molar-refractivity contribution in [3.8, 4) is 0 Å². The zero-order chi connectivity index (χ0) is 19.2. The molecule has 1 aliphatic rings. The van der Waals surface area contributed by atoms with Gasteiger partial charge in [0.2, 0.25) is 5.91 Å². The quantitative estimate of drug-likeness (QED) is 0.870. The average Bonchev–Trinajstić information content (AvgIpc) is 2.64.